The molecule has 7 heteroatoms. The molecule has 3 atom stereocenters. The van der Waals surface area contributed by atoms with E-state index in [0.29, 0.717) is 5.56 Å². The summed E-state index contributed by atoms with van der Waals surface area (Å²) in [6.45, 7) is 0. The van der Waals surface area contributed by atoms with E-state index in [-0.39, 0.29) is 14.6 Å². The lowest BCUT2D eigenvalue weighted by atomic mass is 9.48. The summed E-state index contributed by atoms with van der Waals surface area (Å²) in [5.41, 5.74) is 0.377. The SMILES string of the molecule is O=C(O)C(Br)C12CC3CC(CC(Br)(C3)C1)C2.O=C(O)c1ccccc1I. The van der Waals surface area contributed by atoms with Crippen molar-refractivity contribution in [3.05, 3.63) is 33.4 Å². The Morgan fingerprint density at radius 3 is 2.12 bits per heavy atom. The van der Waals surface area contributed by atoms with Gasteiger partial charge in [-0.15, -0.1) is 0 Å². The number of alkyl halides is 2. The normalized spacial score (nSPS) is 35.3. The molecule has 1 aromatic rings. The second-order valence-electron chi connectivity index (χ2n) is 7.96. The van der Waals surface area contributed by atoms with Crippen molar-refractivity contribution in [2.45, 2.75) is 47.7 Å². The first-order valence-electron chi connectivity index (χ1n) is 8.68. The lowest BCUT2D eigenvalue weighted by Crippen LogP contribution is -2.57. The first-order valence-corrected chi connectivity index (χ1v) is 11.5. The van der Waals surface area contributed by atoms with Crippen molar-refractivity contribution in [1.82, 2.24) is 0 Å². The molecule has 0 saturated heterocycles. The van der Waals surface area contributed by atoms with Crippen molar-refractivity contribution in [3.8, 4) is 0 Å². The second kappa shape index (κ2) is 7.70. The summed E-state index contributed by atoms with van der Waals surface area (Å²) in [7, 11) is 0. The molecule has 2 N–H and O–H groups in total. The first kappa shape index (κ1) is 20.6. The second-order valence-corrected chi connectivity index (χ2v) is 11.7. The molecule has 4 bridgehead atoms. The van der Waals surface area contributed by atoms with Crippen LogP contribution in [0.5, 0.6) is 0 Å². The van der Waals surface area contributed by atoms with Crippen molar-refractivity contribution in [3.63, 3.8) is 0 Å². The van der Waals surface area contributed by atoms with Crippen LogP contribution in [-0.2, 0) is 4.79 Å². The number of rotatable bonds is 3. The molecule has 0 radical (unpaired) electrons. The molecule has 142 valence electrons. The van der Waals surface area contributed by atoms with E-state index in [1.54, 1.807) is 18.2 Å². The molecule has 0 spiro atoms. The van der Waals surface area contributed by atoms with E-state index in [1.165, 1.54) is 19.3 Å². The molecule has 0 aliphatic heterocycles. The number of benzene rings is 1. The predicted octanol–water partition coefficient (Wildman–Crippen LogP) is 5.56. The largest absolute Gasteiger partial charge is 0.480 e. The number of carbonyl (C=O) groups is 2. The summed E-state index contributed by atoms with van der Waals surface area (Å²) < 4.78 is 1.02. The van der Waals surface area contributed by atoms with Gasteiger partial charge in [0.2, 0.25) is 0 Å². The molecule has 4 aliphatic rings. The molecule has 0 aromatic heterocycles. The standard InChI is InChI=1S/C12H16Br2O2.C7H5IO2/c13-9(10(15)16)11-2-7-1-8(3-11)5-12(14,4-7)6-11;8-6-4-2-1-3-5(6)7(9)10/h7-9H,1-6H2,(H,15,16);1-4H,(H,9,10). The Hall–Kier alpha value is -0.150. The van der Waals surface area contributed by atoms with Crippen molar-refractivity contribution in [1.29, 1.82) is 0 Å². The van der Waals surface area contributed by atoms with Crippen molar-refractivity contribution < 1.29 is 19.8 Å². The van der Waals surface area contributed by atoms with Crippen LogP contribution in [0.15, 0.2) is 24.3 Å². The highest BCUT2D eigenvalue weighted by Gasteiger charge is 2.60. The lowest BCUT2D eigenvalue weighted by Gasteiger charge is -2.61. The minimum absolute atomic E-state index is 0.0133. The number of aromatic carboxylic acids is 1. The summed E-state index contributed by atoms with van der Waals surface area (Å²) in [6, 6.07) is 6.88. The van der Waals surface area contributed by atoms with Gasteiger partial charge in [-0.05, 0) is 90.5 Å². The van der Waals surface area contributed by atoms with Gasteiger partial charge in [0.15, 0.2) is 0 Å². The van der Waals surface area contributed by atoms with E-state index in [2.05, 4.69) is 31.9 Å². The highest BCUT2D eigenvalue weighted by atomic mass is 127. The summed E-state index contributed by atoms with van der Waals surface area (Å²) >= 11 is 9.33. The number of hydrogen-bond acceptors (Lipinski definition) is 2. The number of aliphatic carboxylic acids is 1. The third-order valence-electron chi connectivity index (χ3n) is 5.89. The maximum atomic E-state index is 11.3. The molecule has 0 heterocycles. The summed E-state index contributed by atoms with van der Waals surface area (Å²) in [5.74, 6) is -0.0527. The smallest absolute Gasteiger partial charge is 0.336 e. The summed E-state index contributed by atoms with van der Waals surface area (Å²) in [5, 5.41) is 17.8. The average Bonchev–Trinajstić information content (AvgIpc) is 2.52. The monoisotopic (exact) mass is 598 g/mol. The van der Waals surface area contributed by atoms with Gasteiger partial charge < -0.3 is 10.2 Å². The van der Waals surface area contributed by atoms with Crippen molar-refractivity contribution in [2.75, 3.05) is 0 Å². The van der Waals surface area contributed by atoms with Crippen LogP contribution >= 0.6 is 54.5 Å². The maximum Gasteiger partial charge on any atom is 0.336 e. The molecule has 1 aromatic carbocycles. The molecule has 3 unspecified atom stereocenters. The zero-order valence-corrected chi connectivity index (χ0v) is 19.5. The lowest BCUT2D eigenvalue weighted by molar-refractivity contribution is -0.142. The van der Waals surface area contributed by atoms with Gasteiger partial charge in [0.05, 0.1) is 5.56 Å². The Morgan fingerprint density at radius 2 is 1.69 bits per heavy atom. The molecule has 4 nitrogen and oxygen atoms in total. The fourth-order valence-corrected chi connectivity index (χ4v) is 8.04. The fourth-order valence-electron chi connectivity index (χ4n) is 5.41. The van der Waals surface area contributed by atoms with E-state index in [9.17, 15) is 14.7 Å². The third-order valence-corrected chi connectivity index (χ3v) is 9.13. The summed E-state index contributed by atoms with van der Waals surface area (Å²) in [6.07, 6.45) is 7.09. The van der Waals surface area contributed by atoms with Crippen LogP contribution in [0, 0.1) is 20.8 Å². The van der Waals surface area contributed by atoms with E-state index in [4.69, 9.17) is 5.11 Å². The highest BCUT2D eigenvalue weighted by molar-refractivity contribution is 14.1. The van der Waals surface area contributed by atoms with Gasteiger partial charge in [-0.1, -0.05) is 44.0 Å². The van der Waals surface area contributed by atoms with E-state index in [0.717, 1.165) is 34.7 Å². The van der Waals surface area contributed by atoms with Crippen LogP contribution in [-0.4, -0.2) is 31.3 Å². The predicted molar refractivity (Wildman–Crippen MR) is 115 cm³/mol. The van der Waals surface area contributed by atoms with E-state index < -0.39 is 11.9 Å². The van der Waals surface area contributed by atoms with Crippen LogP contribution in [0.2, 0.25) is 0 Å². The first-order chi connectivity index (χ1) is 12.1. The van der Waals surface area contributed by atoms with Crippen molar-refractivity contribution in [2.24, 2.45) is 17.3 Å². The van der Waals surface area contributed by atoms with E-state index in [1.807, 2.05) is 28.7 Å². The summed E-state index contributed by atoms with van der Waals surface area (Å²) in [4.78, 5) is 21.3. The number of halogens is 3. The zero-order chi connectivity index (χ0) is 19.1. The van der Waals surface area contributed by atoms with Gasteiger partial charge in [-0.2, -0.15) is 0 Å². The zero-order valence-electron chi connectivity index (χ0n) is 14.1. The molecule has 5 rings (SSSR count). The molecular formula is C19H21Br2IO4. The minimum Gasteiger partial charge on any atom is -0.480 e. The molecular weight excluding hydrogens is 579 g/mol. The Balaban J connectivity index is 0.000000170. The van der Waals surface area contributed by atoms with E-state index >= 15 is 0 Å². The Morgan fingerprint density at radius 1 is 1.12 bits per heavy atom. The van der Waals surface area contributed by atoms with Gasteiger partial charge in [0.1, 0.15) is 4.83 Å². The van der Waals surface area contributed by atoms with Gasteiger partial charge in [0, 0.05) is 7.89 Å². The van der Waals surface area contributed by atoms with Crippen molar-refractivity contribution >= 4 is 66.4 Å². The van der Waals surface area contributed by atoms with Gasteiger partial charge in [-0.25, -0.2) is 4.79 Å². The van der Waals surface area contributed by atoms with Crippen LogP contribution in [0.1, 0.15) is 48.9 Å². The number of hydrogen-bond donors (Lipinski definition) is 2. The molecule has 4 fully saturated rings. The molecule has 26 heavy (non-hydrogen) atoms. The number of carboxylic acids is 2. The maximum absolute atomic E-state index is 11.3. The Kier molecular flexibility index (Phi) is 6.09. The van der Waals surface area contributed by atoms with Crippen LogP contribution in [0.3, 0.4) is 0 Å². The van der Waals surface area contributed by atoms with Crippen LogP contribution in [0.25, 0.3) is 0 Å². The molecule has 4 aliphatic carbocycles. The highest BCUT2D eigenvalue weighted by Crippen LogP contribution is 2.66. The van der Waals surface area contributed by atoms with Crippen LogP contribution < -0.4 is 0 Å². The minimum atomic E-state index is -0.870. The van der Waals surface area contributed by atoms with Gasteiger partial charge in [-0.3, -0.25) is 4.79 Å². The van der Waals surface area contributed by atoms with Crippen LogP contribution in [0.4, 0.5) is 0 Å². The fraction of sp³-hybridized carbons (Fsp3) is 0.579. The van der Waals surface area contributed by atoms with Gasteiger partial charge in [0.25, 0.3) is 0 Å². The number of carboxylic acid groups (broad SMARTS) is 2. The quantitative estimate of drug-likeness (QED) is 0.353. The van der Waals surface area contributed by atoms with Gasteiger partial charge >= 0.3 is 11.9 Å². The molecule has 4 saturated carbocycles. The Bertz CT molecular complexity index is 709. The third kappa shape index (κ3) is 4.14. The topological polar surface area (TPSA) is 74.6 Å². The Labute approximate surface area is 183 Å². The molecule has 0 amide bonds. The average molecular weight is 600 g/mol.